The minimum Gasteiger partial charge on any atom is -0.504 e. The van der Waals surface area contributed by atoms with Crippen LogP contribution in [0.5, 0.6) is 11.5 Å². The highest BCUT2D eigenvalue weighted by Gasteiger charge is 2.70. The number of hydrogen-bond donors (Lipinski definition) is 1. The van der Waals surface area contributed by atoms with E-state index in [1.54, 1.807) is 47.4 Å². The fourth-order valence-corrected chi connectivity index (χ4v) is 9.93. The molecule has 8 nitrogen and oxygen atoms in total. The van der Waals surface area contributed by atoms with E-state index < -0.39 is 40.9 Å². The number of ether oxygens (including phenoxy) is 1. The summed E-state index contributed by atoms with van der Waals surface area (Å²) in [7, 11) is 1.47. The number of aromatic hydroxyl groups is 1. The lowest BCUT2D eigenvalue weighted by atomic mass is 9.49. The second kappa shape index (κ2) is 11.6. The minimum absolute atomic E-state index is 0.106. The molecule has 1 N–H and O–H groups in total. The quantitative estimate of drug-likeness (QED) is 0.245. The highest BCUT2D eigenvalue weighted by molar-refractivity contribution is 6.32. The molecule has 0 radical (unpaired) electrons. The highest BCUT2D eigenvalue weighted by Crippen LogP contribution is 2.65. The zero-order valence-electron chi connectivity index (χ0n) is 26.7. The summed E-state index contributed by atoms with van der Waals surface area (Å²) in [5.41, 5.74) is 0.785. The third-order valence-electron chi connectivity index (χ3n) is 11.7. The van der Waals surface area contributed by atoms with Gasteiger partial charge in [-0.1, -0.05) is 91.0 Å². The normalized spacial score (nSPS) is 30.2. The number of likely N-dealkylation sites (tertiary alicyclic amines) is 1. The molecule has 4 fully saturated rings. The number of methoxy groups -OCH3 is 1. The number of amides is 4. The van der Waals surface area contributed by atoms with Crippen LogP contribution >= 0.6 is 11.6 Å². The van der Waals surface area contributed by atoms with Gasteiger partial charge in [-0.25, -0.2) is 4.90 Å². The van der Waals surface area contributed by atoms with Gasteiger partial charge in [0.1, 0.15) is 0 Å². The summed E-state index contributed by atoms with van der Waals surface area (Å²) in [6.07, 6.45) is 7.27. The number of anilines is 1. The van der Waals surface area contributed by atoms with Crippen LogP contribution in [0.15, 0.2) is 84.4 Å². The Bertz CT molecular complexity index is 1870. The molecule has 0 spiro atoms. The van der Waals surface area contributed by atoms with Crippen LogP contribution in [0.1, 0.15) is 62.0 Å². The molecule has 3 aromatic rings. The monoisotopic (exact) mass is 664 g/mol. The third kappa shape index (κ3) is 4.27. The Labute approximate surface area is 284 Å². The molecule has 2 saturated heterocycles. The molecule has 5 aliphatic rings. The third-order valence-corrected chi connectivity index (χ3v) is 11.9. The molecule has 0 bridgehead atoms. The zero-order chi connectivity index (χ0) is 33.3. The number of hydrogen-bond acceptors (Lipinski definition) is 6. The topological polar surface area (TPSA) is 104 Å². The number of para-hydroxylation sites is 1. The van der Waals surface area contributed by atoms with Gasteiger partial charge in [-0.2, -0.15) is 0 Å². The molecule has 3 aromatic carbocycles. The van der Waals surface area contributed by atoms with Gasteiger partial charge in [-0.15, -0.1) is 0 Å². The molecule has 9 heteroatoms. The first-order valence-corrected chi connectivity index (χ1v) is 17.3. The van der Waals surface area contributed by atoms with E-state index in [2.05, 4.69) is 0 Å². The van der Waals surface area contributed by atoms with Gasteiger partial charge < -0.3 is 9.84 Å². The minimum atomic E-state index is -1.46. The first-order valence-electron chi connectivity index (χ1n) is 16.9. The Morgan fingerprint density at radius 2 is 1.60 bits per heavy atom. The van der Waals surface area contributed by atoms with Crippen LogP contribution in [0, 0.1) is 23.7 Å². The predicted molar refractivity (Wildman–Crippen MR) is 179 cm³/mol. The molecule has 6 atom stereocenters. The number of rotatable bonds is 5. The van der Waals surface area contributed by atoms with Crippen LogP contribution in [-0.2, 0) is 24.6 Å². The first-order chi connectivity index (χ1) is 23.3. The molecule has 2 saturated carbocycles. The number of carbonyl (C=O) groups excluding carboxylic acids is 4. The molecule has 8 rings (SSSR count). The lowest BCUT2D eigenvalue weighted by Gasteiger charge is -2.50. The predicted octanol–water partition coefficient (Wildman–Crippen LogP) is 6.55. The number of phenols is 1. The number of imide groups is 2. The largest absolute Gasteiger partial charge is 0.504 e. The average Bonchev–Trinajstić information content (AvgIpc) is 3.50. The summed E-state index contributed by atoms with van der Waals surface area (Å²) in [4.78, 5) is 61.4. The summed E-state index contributed by atoms with van der Waals surface area (Å²) in [6.45, 7) is 0. The van der Waals surface area contributed by atoms with Crippen molar-refractivity contribution >= 4 is 40.9 Å². The van der Waals surface area contributed by atoms with Crippen molar-refractivity contribution < 1.29 is 29.0 Å². The van der Waals surface area contributed by atoms with Crippen LogP contribution in [0.2, 0.25) is 5.02 Å². The van der Waals surface area contributed by atoms with Gasteiger partial charge in [0.05, 0.1) is 36.0 Å². The maximum atomic E-state index is 15.3. The Balaban J connectivity index is 1.36. The van der Waals surface area contributed by atoms with Crippen molar-refractivity contribution in [2.75, 3.05) is 12.0 Å². The van der Waals surface area contributed by atoms with E-state index in [-0.39, 0.29) is 41.7 Å². The summed E-state index contributed by atoms with van der Waals surface area (Å²) >= 11 is 6.39. The van der Waals surface area contributed by atoms with Crippen molar-refractivity contribution in [1.29, 1.82) is 0 Å². The number of allylic oxidation sites excluding steroid dienone is 2. The summed E-state index contributed by atoms with van der Waals surface area (Å²) in [5, 5.41) is 12.2. The van der Waals surface area contributed by atoms with Crippen molar-refractivity contribution in [1.82, 2.24) is 4.90 Å². The summed E-state index contributed by atoms with van der Waals surface area (Å²) < 4.78 is 5.54. The van der Waals surface area contributed by atoms with E-state index in [0.29, 0.717) is 28.3 Å². The second-order valence-corrected chi connectivity index (χ2v) is 14.3. The van der Waals surface area contributed by atoms with Crippen LogP contribution < -0.4 is 9.64 Å². The SMILES string of the molecule is COc1cccc(C2C3=CCC4C(=O)N(C5CCCCC5)C(=O)C4C3CC3C(=O)N(c4cccc(Cl)c4)C(=O)C32c2ccccc2)c1O. The van der Waals surface area contributed by atoms with Crippen molar-refractivity contribution in [3.63, 3.8) is 0 Å². The fourth-order valence-electron chi connectivity index (χ4n) is 9.75. The van der Waals surface area contributed by atoms with E-state index >= 15 is 4.79 Å². The maximum Gasteiger partial charge on any atom is 0.246 e. The Morgan fingerprint density at radius 1 is 0.854 bits per heavy atom. The van der Waals surface area contributed by atoms with Crippen LogP contribution in [0.4, 0.5) is 5.69 Å². The molecule has 48 heavy (non-hydrogen) atoms. The highest BCUT2D eigenvalue weighted by atomic mass is 35.5. The van der Waals surface area contributed by atoms with Crippen LogP contribution in [-0.4, -0.2) is 46.8 Å². The average molecular weight is 665 g/mol. The van der Waals surface area contributed by atoms with Crippen LogP contribution in [0.25, 0.3) is 0 Å². The van der Waals surface area contributed by atoms with Gasteiger partial charge in [0, 0.05) is 22.5 Å². The van der Waals surface area contributed by atoms with Gasteiger partial charge in [0.25, 0.3) is 0 Å². The first kappa shape index (κ1) is 30.9. The zero-order valence-corrected chi connectivity index (χ0v) is 27.4. The van der Waals surface area contributed by atoms with Crippen molar-refractivity contribution in [2.45, 2.75) is 62.3 Å². The number of phenolic OH excluding ortho intramolecular Hbond substituents is 1. The molecule has 3 aliphatic carbocycles. The number of nitrogens with zero attached hydrogens (tertiary/aromatic N) is 2. The molecule has 2 heterocycles. The van der Waals surface area contributed by atoms with Crippen molar-refractivity contribution in [2.24, 2.45) is 23.7 Å². The smallest absolute Gasteiger partial charge is 0.246 e. The molecule has 6 unspecified atom stereocenters. The molecule has 246 valence electrons. The number of halogens is 1. The Hall–Kier alpha value is -4.43. The van der Waals surface area contributed by atoms with Gasteiger partial charge >= 0.3 is 0 Å². The van der Waals surface area contributed by atoms with Crippen LogP contribution in [0.3, 0.4) is 0 Å². The molecule has 2 aliphatic heterocycles. The lowest BCUT2D eigenvalue weighted by Crippen LogP contribution is -2.53. The maximum absolute atomic E-state index is 15.3. The van der Waals surface area contributed by atoms with Gasteiger partial charge in [0.15, 0.2) is 11.5 Å². The number of carbonyl (C=O) groups is 4. The molecular weight excluding hydrogens is 628 g/mol. The van der Waals surface area contributed by atoms with E-state index in [9.17, 15) is 19.5 Å². The van der Waals surface area contributed by atoms with Gasteiger partial charge in [-0.05, 0) is 61.4 Å². The summed E-state index contributed by atoms with van der Waals surface area (Å²) in [5.74, 6) is -4.36. The standard InChI is InChI=1S/C39H37ClN2O6/c1-48-31-17-9-16-28(34(31)43)33-26-18-19-27-32(37(46)41(35(27)44)24-13-6-3-7-14-24)29(26)21-30-36(45)42(25-15-8-12-23(40)20-25)38(47)39(30,33)22-10-4-2-5-11-22/h2,4-5,8-12,15-18,20,24,27,29-30,32-33,43H,3,6-7,13-14,19,21H2,1H3. The Morgan fingerprint density at radius 3 is 2.33 bits per heavy atom. The molecule has 4 amide bonds. The molecular formula is C39H37ClN2O6. The molecule has 0 aromatic heterocycles. The number of benzene rings is 3. The summed E-state index contributed by atoms with van der Waals surface area (Å²) in [6, 6.07) is 21.1. The van der Waals surface area contributed by atoms with E-state index in [0.717, 1.165) is 37.7 Å². The van der Waals surface area contributed by atoms with Crippen molar-refractivity contribution in [3.05, 3.63) is 101 Å². The Kier molecular flexibility index (Phi) is 7.47. The van der Waals surface area contributed by atoms with Crippen molar-refractivity contribution in [3.8, 4) is 11.5 Å². The number of fused-ring (bicyclic) bond motifs is 4. The van der Waals surface area contributed by atoms with E-state index in [1.807, 2.05) is 36.4 Å². The van der Waals surface area contributed by atoms with E-state index in [1.165, 1.54) is 12.0 Å². The fraction of sp³-hybridized carbons (Fsp3) is 0.385. The van der Waals surface area contributed by atoms with Gasteiger partial charge in [0.2, 0.25) is 23.6 Å². The lowest BCUT2D eigenvalue weighted by molar-refractivity contribution is -0.143. The second-order valence-electron chi connectivity index (χ2n) is 13.8. The van der Waals surface area contributed by atoms with Gasteiger partial charge in [-0.3, -0.25) is 24.1 Å². The van der Waals surface area contributed by atoms with E-state index in [4.69, 9.17) is 16.3 Å².